The summed E-state index contributed by atoms with van der Waals surface area (Å²) in [4.78, 5) is 0. The zero-order valence-electron chi connectivity index (χ0n) is 8.17. The third kappa shape index (κ3) is 2.96. The van der Waals surface area contributed by atoms with Crippen molar-refractivity contribution < 1.29 is 4.74 Å². The summed E-state index contributed by atoms with van der Waals surface area (Å²) in [5, 5.41) is 4.88. The molecule has 0 radical (unpaired) electrons. The van der Waals surface area contributed by atoms with Crippen LogP contribution in [0.15, 0.2) is 0 Å². The van der Waals surface area contributed by atoms with E-state index >= 15 is 0 Å². The zero-order valence-corrected chi connectivity index (χ0v) is 8.99. The third-order valence-electron chi connectivity index (χ3n) is 2.24. The summed E-state index contributed by atoms with van der Waals surface area (Å²) in [7, 11) is 0. The lowest BCUT2D eigenvalue weighted by Gasteiger charge is -2.30. The fourth-order valence-electron chi connectivity index (χ4n) is 1.20. The number of hydrogen-bond acceptors (Lipinski definition) is 3. The van der Waals surface area contributed by atoms with E-state index in [1.807, 2.05) is 11.8 Å². The average Bonchev–Trinajstić information content (AvgIpc) is 1.97. The molecule has 0 aromatic carbocycles. The van der Waals surface area contributed by atoms with Gasteiger partial charge in [0.25, 0.3) is 0 Å². The van der Waals surface area contributed by atoms with E-state index in [0.29, 0.717) is 11.3 Å². The minimum atomic E-state index is 0.612. The van der Waals surface area contributed by atoms with Crippen LogP contribution < -0.4 is 5.32 Å². The van der Waals surface area contributed by atoms with Crippen molar-refractivity contribution in [1.29, 1.82) is 0 Å². The number of thioether (sulfide) groups is 1. The second-order valence-corrected chi connectivity index (χ2v) is 5.03. The highest BCUT2D eigenvalue weighted by Gasteiger charge is 2.23. The normalized spacial score (nSPS) is 23.2. The molecule has 2 nitrogen and oxygen atoms in total. The lowest BCUT2D eigenvalue weighted by molar-refractivity contribution is 0.0452. The van der Waals surface area contributed by atoms with Gasteiger partial charge >= 0.3 is 0 Å². The predicted molar refractivity (Wildman–Crippen MR) is 54.8 cm³/mol. The molecule has 1 N–H and O–H groups in total. The van der Waals surface area contributed by atoms with Crippen LogP contribution in [0.25, 0.3) is 0 Å². The molecule has 0 aromatic heterocycles. The Morgan fingerprint density at radius 1 is 1.50 bits per heavy atom. The lowest BCUT2D eigenvalue weighted by atomic mass is 10.2. The number of ether oxygens (including phenoxy) is 1. The van der Waals surface area contributed by atoms with E-state index in [4.69, 9.17) is 4.74 Å². The van der Waals surface area contributed by atoms with Crippen LogP contribution >= 0.6 is 11.8 Å². The van der Waals surface area contributed by atoms with Crippen molar-refractivity contribution >= 4 is 11.8 Å². The molecule has 0 aromatic rings. The van der Waals surface area contributed by atoms with E-state index in [1.165, 1.54) is 0 Å². The molecule has 0 spiro atoms. The van der Waals surface area contributed by atoms with Crippen LogP contribution in [0.5, 0.6) is 0 Å². The van der Waals surface area contributed by atoms with E-state index in [1.54, 1.807) is 0 Å². The maximum absolute atomic E-state index is 5.13. The van der Waals surface area contributed by atoms with Crippen LogP contribution in [0.3, 0.4) is 0 Å². The van der Waals surface area contributed by atoms with Gasteiger partial charge in [0.2, 0.25) is 0 Å². The van der Waals surface area contributed by atoms with Gasteiger partial charge < -0.3 is 10.1 Å². The Morgan fingerprint density at radius 3 is 2.58 bits per heavy atom. The zero-order chi connectivity index (χ0) is 8.97. The molecule has 1 aliphatic rings. The number of rotatable bonds is 5. The monoisotopic (exact) mass is 189 g/mol. The van der Waals surface area contributed by atoms with E-state index < -0.39 is 0 Å². The maximum Gasteiger partial charge on any atom is 0.0608 e. The first-order chi connectivity index (χ1) is 5.74. The molecular formula is C9H19NOS. The number of nitrogens with one attached hydrogen (secondary N) is 1. The van der Waals surface area contributed by atoms with Crippen molar-refractivity contribution in [3.05, 3.63) is 0 Å². The van der Waals surface area contributed by atoms with Crippen molar-refractivity contribution in [2.45, 2.75) is 37.3 Å². The van der Waals surface area contributed by atoms with E-state index in [0.717, 1.165) is 25.0 Å². The van der Waals surface area contributed by atoms with Gasteiger partial charge in [0.15, 0.2) is 0 Å². The third-order valence-corrected chi connectivity index (χ3v) is 3.74. The quantitative estimate of drug-likeness (QED) is 0.708. The van der Waals surface area contributed by atoms with Crippen LogP contribution in [-0.4, -0.2) is 36.3 Å². The Hall–Kier alpha value is 0.270. The molecular weight excluding hydrogens is 170 g/mol. The molecule has 1 fully saturated rings. The Balaban J connectivity index is 2.12. The second kappa shape index (κ2) is 5.10. The molecule has 0 bridgehead atoms. The van der Waals surface area contributed by atoms with Gasteiger partial charge in [-0.2, -0.15) is 0 Å². The van der Waals surface area contributed by atoms with Gasteiger partial charge in [0.1, 0.15) is 0 Å². The van der Waals surface area contributed by atoms with E-state index in [-0.39, 0.29) is 0 Å². The summed E-state index contributed by atoms with van der Waals surface area (Å²) in [6, 6.07) is 0.612. The summed E-state index contributed by atoms with van der Waals surface area (Å²) >= 11 is 2.05. The van der Waals surface area contributed by atoms with Gasteiger partial charge in [-0.3, -0.25) is 0 Å². The van der Waals surface area contributed by atoms with Crippen molar-refractivity contribution in [3.8, 4) is 0 Å². The Kier molecular flexibility index (Phi) is 4.40. The van der Waals surface area contributed by atoms with Crippen LogP contribution in [-0.2, 0) is 4.74 Å². The van der Waals surface area contributed by atoms with Crippen LogP contribution in [0, 0.1) is 0 Å². The van der Waals surface area contributed by atoms with E-state index in [9.17, 15) is 0 Å². The molecule has 2 unspecified atom stereocenters. The predicted octanol–water partition coefficient (Wildman–Crippen LogP) is 1.50. The Morgan fingerprint density at radius 2 is 2.17 bits per heavy atom. The van der Waals surface area contributed by atoms with Crippen molar-refractivity contribution in [2.24, 2.45) is 0 Å². The Labute approximate surface area is 79.4 Å². The molecule has 12 heavy (non-hydrogen) atoms. The maximum atomic E-state index is 5.13. The molecule has 0 aliphatic carbocycles. The minimum absolute atomic E-state index is 0.612. The first kappa shape index (κ1) is 10.4. The van der Waals surface area contributed by atoms with Gasteiger partial charge in [-0.05, 0) is 13.5 Å². The smallest absolute Gasteiger partial charge is 0.0608 e. The molecule has 72 valence electrons. The lowest BCUT2D eigenvalue weighted by Crippen LogP contribution is -2.38. The highest BCUT2D eigenvalue weighted by atomic mass is 32.2. The van der Waals surface area contributed by atoms with Gasteiger partial charge in [-0.25, -0.2) is 0 Å². The van der Waals surface area contributed by atoms with Crippen LogP contribution in [0.1, 0.15) is 20.8 Å². The molecule has 1 aliphatic heterocycles. The summed E-state index contributed by atoms with van der Waals surface area (Å²) < 4.78 is 5.13. The molecule has 1 rings (SSSR count). The first-order valence-corrected chi connectivity index (χ1v) is 5.65. The minimum Gasteiger partial charge on any atom is -0.379 e. The first-order valence-electron chi connectivity index (χ1n) is 4.70. The highest BCUT2D eigenvalue weighted by molar-refractivity contribution is 8.00. The van der Waals surface area contributed by atoms with E-state index in [2.05, 4.69) is 26.1 Å². The summed E-state index contributed by atoms with van der Waals surface area (Å²) in [5.41, 5.74) is 0. The molecule has 1 saturated heterocycles. The molecule has 1 heterocycles. The standard InChI is InChI=1S/C9H19NOS/c1-4-10-7(2)8(3)12-9-5-11-6-9/h7-10H,4-6H2,1-3H3. The average molecular weight is 189 g/mol. The van der Waals surface area contributed by atoms with Gasteiger partial charge in [0, 0.05) is 11.3 Å². The highest BCUT2D eigenvalue weighted by Crippen LogP contribution is 2.25. The van der Waals surface area contributed by atoms with Crippen molar-refractivity contribution in [2.75, 3.05) is 19.8 Å². The fourth-order valence-corrected chi connectivity index (χ4v) is 2.49. The van der Waals surface area contributed by atoms with Gasteiger partial charge in [-0.15, -0.1) is 11.8 Å². The van der Waals surface area contributed by atoms with Crippen molar-refractivity contribution in [1.82, 2.24) is 5.32 Å². The molecule has 2 atom stereocenters. The van der Waals surface area contributed by atoms with Gasteiger partial charge in [-0.1, -0.05) is 13.8 Å². The fraction of sp³-hybridized carbons (Fsp3) is 1.00. The number of hydrogen-bond donors (Lipinski definition) is 1. The van der Waals surface area contributed by atoms with Crippen molar-refractivity contribution in [3.63, 3.8) is 0 Å². The molecule has 3 heteroatoms. The topological polar surface area (TPSA) is 21.3 Å². The Bertz CT molecular complexity index is 128. The molecule has 0 saturated carbocycles. The van der Waals surface area contributed by atoms with Crippen LogP contribution in [0.4, 0.5) is 0 Å². The largest absolute Gasteiger partial charge is 0.379 e. The SMILES string of the molecule is CCNC(C)C(C)SC1COC1. The summed E-state index contributed by atoms with van der Waals surface area (Å²) in [5.74, 6) is 0. The summed E-state index contributed by atoms with van der Waals surface area (Å²) in [6.07, 6.45) is 0. The van der Waals surface area contributed by atoms with Crippen LogP contribution in [0.2, 0.25) is 0 Å². The summed E-state index contributed by atoms with van der Waals surface area (Å²) in [6.45, 7) is 9.66. The molecule has 0 amide bonds. The van der Waals surface area contributed by atoms with Gasteiger partial charge in [0.05, 0.1) is 18.5 Å². The second-order valence-electron chi connectivity index (χ2n) is 3.35.